The normalized spacial score (nSPS) is 11.2. The Balaban J connectivity index is 2.44. The van der Waals surface area contributed by atoms with Gasteiger partial charge >= 0.3 is 0 Å². The van der Waals surface area contributed by atoms with Crippen molar-refractivity contribution in [2.24, 2.45) is 0 Å². The maximum Gasteiger partial charge on any atom is 0.0511 e. The highest BCUT2D eigenvalue weighted by Crippen LogP contribution is 2.33. The summed E-state index contributed by atoms with van der Waals surface area (Å²) in [7, 11) is 0. The Kier molecular flexibility index (Phi) is 3.04. The quantitative estimate of drug-likeness (QED) is 0.571. The van der Waals surface area contributed by atoms with Crippen LogP contribution in [0, 0.1) is 0 Å². The lowest BCUT2D eigenvalue weighted by Crippen LogP contribution is -1.85. The van der Waals surface area contributed by atoms with Gasteiger partial charge in [0.25, 0.3) is 0 Å². The number of halogens is 2. The summed E-state index contributed by atoms with van der Waals surface area (Å²) in [5, 5.41) is 2.52. The summed E-state index contributed by atoms with van der Waals surface area (Å²) < 4.78 is 2.21. The molecule has 0 bridgehead atoms. The number of aromatic amines is 1. The van der Waals surface area contributed by atoms with Crippen LogP contribution in [0.5, 0.6) is 0 Å². The summed E-state index contributed by atoms with van der Waals surface area (Å²) in [6.45, 7) is 3.83. The van der Waals surface area contributed by atoms with E-state index in [2.05, 4.69) is 73.8 Å². The molecular formula is C15H11Br2N. The molecule has 1 nitrogen and oxygen atoms in total. The highest BCUT2D eigenvalue weighted by Gasteiger charge is 2.10. The summed E-state index contributed by atoms with van der Waals surface area (Å²) in [6.07, 6.45) is 2.78. The Labute approximate surface area is 122 Å². The molecule has 1 N–H and O–H groups in total. The van der Waals surface area contributed by atoms with Crippen molar-refractivity contribution in [3.05, 3.63) is 57.5 Å². The third-order valence-electron chi connectivity index (χ3n) is 3.14. The van der Waals surface area contributed by atoms with E-state index in [1.165, 1.54) is 21.9 Å². The van der Waals surface area contributed by atoms with Crippen molar-refractivity contribution in [1.29, 1.82) is 0 Å². The van der Waals surface area contributed by atoms with Crippen LogP contribution in [0.1, 0.15) is 5.56 Å². The molecule has 1 heterocycles. The molecule has 90 valence electrons. The first kappa shape index (κ1) is 12.0. The highest BCUT2D eigenvalue weighted by molar-refractivity contribution is 9.10. The zero-order valence-electron chi connectivity index (χ0n) is 9.63. The molecule has 3 rings (SSSR count). The van der Waals surface area contributed by atoms with Gasteiger partial charge in [0.1, 0.15) is 0 Å². The van der Waals surface area contributed by atoms with Crippen molar-refractivity contribution in [2.75, 3.05) is 0 Å². The third kappa shape index (κ3) is 1.82. The minimum atomic E-state index is 0.853. The molecule has 0 saturated carbocycles. The lowest BCUT2D eigenvalue weighted by Gasteiger charge is -2.03. The topological polar surface area (TPSA) is 15.8 Å². The van der Waals surface area contributed by atoms with Crippen molar-refractivity contribution >= 4 is 53.7 Å². The van der Waals surface area contributed by atoms with Crippen molar-refractivity contribution in [2.45, 2.75) is 6.42 Å². The maximum absolute atomic E-state index is 3.83. The Morgan fingerprint density at radius 1 is 1.11 bits per heavy atom. The predicted octanol–water partition coefficient (Wildman–Crippen LogP) is 5.57. The van der Waals surface area contributed by atoms with Gasteiger partial charge in [-0.05, 0) is 30.2 Å². The fourth-order valence-electron chi connectivity index (χ4n) is 2.32. The van der Waals surface area contributed by atoms with Crippen LogP contribution < -0.4 is 0 Å². The van der Waals surface area contributed by atoms with Crippen molar-refractivity contribution < 1.29 is 0 Å². The SMILES string of the molecule is C=CCc1c(Br)ccc2c1[nH]c1cc(Br)ccc12. The van der Waals surface area contributed by atoms with Gasteiger partial charge in [0.2, 0.25) is 0 Å². The number of allylic oxidation sites excluding steroid dienone is 1. The van der Waals surface area contributed by atoms with Gasteiger partial charge in [-0.25, -0.2) is 0 Å². The van der Waals surface area contributed by atoms with E-state index in [0.29, 0.717) is 0 Å². The average molecular weight is 365 g/mol. The molecule has 0 aliphatic rings. The van der Waals surface area contributed by atoms with Gasteiger partial charge in [-0.15, -0.1) is 6.58 Å². The lowest BCUT2D eigenvalue weighted by atomic mass is 10.1. The molecule has 0 amide bonds. The largest absolute Gasteiger partial charge is 0.354 e. The van der Waals surface area contributed by atoms with Crippen molar-refractivity contribution in [3.8, 4) is 0 Å². The second-order valence-electron chi connectivity index (χ2n) is 4.26. The molecule has 0 atom stereocenters. The monoisotopic (exact) mass is 363 g/mol. The van der Waals surface area contributed by atoms with E-state index in [1.807, 2.05) is 6.08 Å². The van der Waals surface area contributed by atoms with Gasteiger partial charge in [-0.2, -0.15) is 0 Å². The number of aromatic nitrogens is 1. The van der Waals surface area contributed by atoms with Crippen LogP contribution >= 0.6 is 31.9 Å². The number of fused-ring (bicyclic) bond motifs is 3. The summed E-state index contributed by atoms with van der Waals surface area (Å²) in [6, 6.07) is 10.6. The number of nitrogens with one attached hydrogen (secondary N) is 1. The molecule has 3 heteroatoms. The summed E-state index contributed by atoms with van der Waals surface area (Å²) >= 11 is 7.12. The zero-order valence-corrected chi connectivity index (χ0v) is 12.8. The first-order chi connectivity index (χ1) is 8.70. The van der Waals surface area contributed by atoms with Crippen LogP contribution in [0.2, 0.25) is 0 Å². The smallest absolute Gasteiger partial charge is 0.0511 e. The second kappa shape index (κ2) is 4.56. The molecule has 0 unspecified atom stereocenters. The minimum Gasteiger partial charge on any atom is -0.354 e. The van der Waals surface area contributed by atoms with Gasteiger partial charge in [-0.3, -0.25) is 0 Å². The molecule has 0 aliphatic carbocycles. The van der Waals surface area contributed by atoms with Gasteiger partial charge in [-0.1, -0.05) is 50.1 Å². The van der Waals surface area contributed by atoms with Crippen LogP contribution in [0.15, 0.2) is 51.9 Å². The van der Waals surface area contributed by atoms with E-state index in [9.17, 15) is 0 Å². The molecule has 0 radical (unpaired) electrons. The fraction of sp³-hybridized carbons (Fsp3) is 0.0667. The van der Waals surface area contributed by atoms with Gasteiger partial charge < -0.3 is 4.98 Å². The minimum absolute atomic E-state index is 0.853. The first-order valence-electron chi connectivity index (χ1n) is 5.70. The number of H-pyrrole nitrogens is 1. The lowest BCUT2D eigenvalue weighted by molar-refractivity contribution is 1.27. The Bertz CT molecular complexity index is 756. The average Bonchev–Trinajstić information content (AvgIpc) is 2.70. The molecule has 0 aliphatic heterocycles. The predicted molar refractivity (Wildman–Crippen MR) is 85.1 cm³/mol. The van der Waals surface area contributed by atoms with Gasteiger partial charge in [0.15, 0.2) is 0 Å². The van der Waals surface area contributed by atoms with Crippen molar-refractivity contribution in [1.82, 2.24) is 4.98 Å². The van der Waals surface area contributed by atoms with Gasteiger partial charge in [0, 0.05) is 25.2 Å². The standard InChI is InChI=1S/C15H11Br2N/c1-2-3-12-13(17)7-6-11-10-5-4-9(16)8-14(10)18-15(11)12/h2,4-8,18H,1,3H2. The molecule has 0 spiro atoms. The third-order valence-corrected chi connectivity index (χ3v) is 4.37. The molecular weight excluding hydrogens is 354 g/mol. The Hall–Kier alpha value is -1.06. The zero-order chi connectivity index (χ0) is 12.7. The number of hydrogen-bond donors (Lipinski definition) is 1. The maximum atomic E-state index is 3.83. The van der Waals surface area contributed by atoms with E-state index >= 15 is 0 Å². The Morgan fingerprint density at radius 2 is 1.89 bits per heavy atom. The van der Waals surface area contributed by atoms with Crippen LogP contribution in [-0.4, -0.2) is 4.98 Å². The summed E-state index contributed by atoms with van der Waals surface area (Å²) in [5.74, 6) is 0. The van der Waals surface area contributed by atoms with Crippen molar-refractivity contribution in [3.63, 3.8) is 0 Å². The molecule has 3 aromatic rings. The van der Waals surface area contributed by atoms with Crippen LogP contribution in [0.3, 0.4) is 0 Å². The summed E-state index contributed by atoms with van der Waals surface area (Å²) in [4.78, 5) is 3.51. The fourth-order valence-corrected chi connectivity index (χ4v) is 3.18. The van der Waals surface area contributed by atoms with E-state index in [1.54, 1.807) is 0 Å². The molecule has 18 heavy (non-hydrogen) atoms. The van der Waals surface area contributed by atoms with E-state index in [0.717, 1.165) is 20.9 Å². The second-order valence-corrected chi connectivity index (χ2v) is 6.03. The van der Waals surface area contributed by atoms with Crippen LogP contribution in [0.4, 0.5) is 0 Å². The number of benzene rings is 2. The highest BCUT2D eigenvalue weighted by atomic mass is 79.9. The van der Waals surface area contributed by atoms with E-state index in [-0.39, 0.29) is 0 Å². The van der Waals surface area contributed by atoms with E-state index in [4.69, 9.17) is 0 Å². The van der Waals surface area contributed by atoms with Gasteiger partial charge in [0.05, 0.1) is 5.52 Å². The first-order valence-corrected chi connectivity index (χ1v) is 7.28. The van der Waals surface area contributed by atoms with Crippen LogP contribution in [0.25, 0.3) is 21.8 Å². The van der Waals surface area contributed by atoms with Crippen LogP contribution in [-0.2, 0) is 6.42 Å². The summed E-state index contributed by atoms with van der Waals surface area (Å²) in [5.41, 5.74) is 3.61. The van der Waals surface area contributed by atoms with E-state index < -0.39 is 0 Å². The number of hydrogen-bond acceptors (Lipinski definition) is 0. The Morgan fingerprint density at radius 3 is 2.67 bits per heavy atom. The number of rotatable bonds is 2. The molecule has 0 saturated heterocycles. The molecule has 0 fully saturated rings. The molecule has 2 aromatic carbocycles. The molecule has 1 aromatic heterocycles.